The molecule has 1 aromatic carbocycles. The van der Waals surface area contributed by atoms with Crippen LogP contribution < -0.4 is 11.1 Å². The molecule has 0 saturated carbocycles. The SMILES string of the molecule is CC(=N)/C(=C(/C)N)c1ccc(C(=N)/C=C\C(=N)OC2CC(C)(C)NC(C)(C)C2)c(O)c1. The van der Waals surface area contributed by atoms with Crippen LogP contribution in [0.1, 0.15) is 65.5 Å². The summed E-state index contributed by atoms with van der Waals surface area (Å²) in [6, 6.07) is 4.84. The summed E-state index contributed by atoms with van der Waals surface area (Å²) in [6.45, 7) is 11.8. The van der Waals surface area contributed by atoms with Gasteiger partial charge in [0.25, 0.3) is 0 Å². The molecule has 168 valence electrons. The normalized spacial score (nSPS) is 19.0. The molecule has 7 heteroatoms. The zero-order valence-electron chi connectivity index (χ0n) is 19.3. The summed E-state index contributed by atoms with van der Waals surface area (Å²) in [5.74, 6) is -0.0933. The van der Waals surface area contributed by atoms with Gasteiger partial charge in [-0.3, -0.25) is 5.41 Å². The van der Waals surface area contributed by atoms with Crippen LogP contribution in [-0.2, 0) is 4.74 Å². The van der Waals surface area contributed by atoms with Gasteiger partial charge in [-0.2, -0.15) is 0 Å². The van der Waals surface area contributed by atoms with Crippen molar-refractivity contribution in [2.45, 2.75) is 71.6 Å². The van der Waals surface area contributed by atoms with Gasteiger partial charge in [-0.25, -0.2) is 0 Å². The van der Waals surface area contributed by atoms with Gasteiger partial charge >= 0.3 is 0 Å². The van der Waals surface area contributed by atoms with Crippen molar-refractivity contribution in [1.29, 1.82) is 16.2 Å². The molecule has 1 heterocycles. The molecule has 7 nitrogen and oxygen atoms in total. The molecule has 1 saturated heterocycles. The van der Waals surface area contributed by atoms with Crippen LogP contribution in [0.15, 0.2) is 36.0 Å². The van der Waals surface area contributed by atoms with Crippen molar-refractivity contribution in [3.8, 4) is 5.75 Å². The van der Waals surface area contributed by atoms with Crippen molar-refractivity contribution in [3.63, 3.8) is 0 Å². The summed E-state index contributed by atoms with van der Waals surface area (Å²) >= 11 is 0. The van der Waals surface area contributed by atoms with E-state index < -0.39 is 0 Å². The van der Waals surface area contributed by atoms with Crippen molar-refractivity contribution in [2.24, 2.45) is 5.73 Å². The molecule has 1 aliphatic rings. The van der Waals surface area contributed by atoms with Gasteiger partial charge < -0.3 is 31.7 Å². The predicted molar refractivity (Wildman–Crippen MR) is 127 cm³/mol. The third kappa shape index (κ3) is 6.52. The van der Waals surface area contributed by atoms with Gasteiger partial charge in [-0.05, 0) is 65.3 Å². The molecule has 0 amide bonds. The molecule has 1 aromatic rings. The molecule has 0 aromatic heterocycles. The van der Waals surface area contributed by atoms with Gasteiger partial charge in [0, 0.05) is 52.5 Å². The number of nitrogens with one attached hydrogen (secondary N) is 4. The van der Waals surface area contributed by atoms with Gasteiger partial charge in [-0.1, -0.05) is 6.07 Å². The average molecular weight is 426 g/mol. The fraction of sp³-hybridized carbons (Fsp3) is 0.458. The number of phenols is 1. The fourth-order valence-electron chi connectivity index (χ4n) is 4.43. The molecular weight excluding hydrogens is 390 g/mol. The molecule has 0 radical (unpaired) electrons. The molecule has 1 aliphatic heterocycles. The van der Waals surface area contributed by atoms with E-state index in [2.05, 4.69) is 33.0 Å². The van der Waals surface area contributed by atoms with E-state index in [4.69, 9.17) is 26.7 Å². The summed E-state index contributed by atoms with van der Waals surface area (Å²) in [6.07, 6.45) is 4.37. The third-order valence-corrected chi connectivity index (χ3v) is 5.19. The van der Waals surface area contributed by atoms with Crippen LogP contribution in [0.4, 0.5) is 0 Å². The number of rotatable bonds is 6. The second-order valence-electron chi connectivity index (χ2n) is 9.57. The van der Waals surface area contributed by atoms with E-state index in [1.807, 2.05) is 0 Å². The first-order valence-corrected chi connectivity index (χ1v) is 10.4. The lowest BCUT2D eigenvalue weighted by atomic mass is 9.81. The second-order valence-corrected chi connectivity index (χ2v) is 9.57. The lowest BCUT2D eigenvalue weighted by Crippen LogP contribution is -2.59. The van der Waals surface area contributed by atoms with Crippen LogP contribution >= 0.6 is 0 Å². The molecule has 2 rings (SSSR count). The molecule has 1 fully saturated rings. The predicted octanol–water partition coefficient (Wildman–Crippen LogP) is 4.35. The summed E-state index contributed by atoms with van der Waals surface area (Å²) in [5.41, 5.74) is 8.07. The minimum absolute atomic E-state index is 0.0113. The molecule has 7 N–H and O–H groups in total. The van der Waals surface area contributed by atoms with Crippen LogP contribution in [0.2, 0.25) is 0 Å². The Bertz CT molecular complexity index is 937. The lowest BCUT2D eigenvalue weighted by Gasteiger charge is -2.46. The number of ether oxygens (including phenoxy) is 1. The summed E-state index contributed by atoms with van der Waals surface area (Å²) in [5, 5.41) is 38.3. The van der Waals surface area contributed by atoms with Gasteiger partial charge in [0.1, 0.15) is 11.9 Å². The Labute approximate surface area is 184 Å². The Kier molecular flexibility index (Phi) is 7.11. The molecule has 0 spiro atoms. The molecule has 0 aliphatic carbocycles. The van der Waals surface area contributed by atoms with E-state index in [1.165, 1.54) is 18.2 Å². The van der Waals surface area contributed by atoms with Crippen molar-refractivity contribution < 1.29 is 9.84 Å². The zero-order valence-corrected chi connectivity index (χ0v) is 19.3. The lowest BCUT2D eigenvalue weighted by molar-refractivity contribution is 0.0485. The minimum Gasteiger partial charge on any atom is -0.507 e. The van der Waals surface area contributed by atoms with Crippen molar-refractivity contribution >= 4 is 22.9 Å². The Balaban J connectivity index is 2.10. The van der Waals surface area contributed by atoms with E-state index in [0.717, 1.165) is 12.8 Å². The first-order chi connectivity index (χ1) is 14.2. The number of hydrogen-bond acceptors (Lipinski definition) is 7. The maximum atomic E-state index is 10.4. The standard InChI is InChI=1S/C24H35N5O2/c1-14(25)22(15(2)26)16-7-8-18(20(30)11-16)19(27)9-10-21(28)31-17-12-23(3,4)29-24(5,6)13-17/h7-11,17,25,27-30H,12-13,26H2,1-6H3/b10-9-,22-15+,25-14?,27-19?,28-21?. The van der Waals surface area contributed by atoms with E-state index in [1.54, 1.807) is 26.0 Å². The average Bonchev–Trinajstić information content (AvgIpc) is 2.56. The van der Waals surface area contributed by atoms with Crippen LogP contribution in [-0.4, -0.2) is 39.6 Å². The summed E-state index contributed by atoms with van der Waals surface area (Å²) in [7, 11) is 0. The number of nitrogens with two attached hydrogens (primary N) is 1. The molecule has 0 bridgehead atoms. The second kappa shape index (κ2) is 9.06. The van der Waals surface area contributed by atoms with E-state index in [0.29, 0.717) is 28.1 Å². The number of piperidine rings is 1. The highest BCUT2D eigenvalue weighted by atomic mass is 16.5. The minimum atomic E-state index is -0.0839. The zero-order chi connectivity index (χ0) is 23.6. The van der Waals surface area contributed by atoms with Gasteiger partial charge in [0.2, 0.25) is 5.90 Å². The van der Waals surface area contributed by atoms with Crippen molar-refractivity contribution in [2.75, 3.05) is 0 Å². The molecule has 0 atom stereocenters. The maximum Gasteiger partial charge on any atom is 0.206 e. The monoisotopic (exact) mass is 425 g/mol. The topological polar surface area (TPSA) is 139 Å². The van der Waals surface area contributed by atoms with E-state index >= 15 is 0 Å². The van der Waals surface area contributed by atoms with Crippen LogP contribution in [0, 0.1) is 16.2 Å². The van der Waals surface area contributed by atoms with Crippen LogP contribution in [0.5, 0.6) is 5.75 Å². The van der Waals surface area contributed by atoms with Crippen LogP contribution in [0.3, 0.4) is 0 Å². The highest BCUT2D eigenvalue weighted by molar-refractivity contribution is 6.22. The van der Waals surface area contributed by atoms with Gasteiger partial charge in [0.15, 0.2) is 0 Å². The number of phenolic OH excluding ortho intramolecular Hbond substituents is 1. The highest BCUT2D eigenvalue weighted by Gasteiger charge is 2.38. The summed E-state index contributed by atoms with van der Waals surface area (Å²) < 4.78 is 5.84. The van der Waals surface area contributed by atoms with E-state index in [9.17, 15) is 5.11 Å². The Morgan fingerprint density at radius 3 is 2.16 bits per heavy atom. The van der Waals surface area contributed by atoms with Crippen LogP contribution in [0.25, 0.3) is 5.57 Å². The molecule has 0 unspecified atom stereocenters. The highest BCUT2D eigenvalue weighted by Crippen LogP contribution is 2.30. The number of hydrogen-bond donors (Lipinski definition) is 6. The summed E-state index contributed by atoms with van der Waals surface area (Å²) in [4.78, 5) is 0. The largest absolute Gasteiger partial charge is 0.507 e. The molecule has 31 heavy (non-hydrogen) atoms. The number of allylic oxidation sites excluding steroid dienone is 3. The van der Waals surface area contributed by atoms with Crippen molar-refractivity contribution in [1.82, 2.24) is 5.32 Å². The first-order valence-electron chi connectivity index (χ1n) is 10.4. The molecular formula is C24H35N5O2. The van der Waals surface area contributed by atoms with Gasteiger partial charge in [-0.15, -0.1) is 0 Å². The maximum absolute atomic E-state index is 10.4. The Morgan fingerprint density at radius 1 is 1.10 bits per heavy atom. The third-order valence-electron chi connectivity index (χ3n) is 5.19. The number of aromatic hydroxyl groups is 1. The first kappa shape index (κ1) is 24.3. The van der Waals surface area contributed by atoms with E-state index in [-0.39, 0.29) is 34.5 Å². The smallest absolute Gasteiger partial charge is 0.206 e. The Hall–Kier alpha value is -2.93. The fourth-order valence-corrected chi connectivity index (χ4v) is 4.43. The quantitative estimate of drug-likeness (QED) is 0.298. The van der Waals surface area contributed by atoms with Gasteiger partial charge in [0.05, 0.1) is 5.71 Å². The van der Waals surface area contributed by atoms with Crippen molar-refractivity contribution in [3.05, 3.63) is 47.2 Å². The number of benzene rings is 1. The Morgan fingerprint density at radius 2 is 1.68 bits per heavy atom.